The second-order valence-electron chi connectivity index (χ2n) is 8.23. The standard InChI is InChI=1S/C26H20N6O5S/c1-2-30-23(28-29-26(30)38-15-22(33)27-17-9-13-19(14-10-17)32(36)37)16-7-11-18(12-8-16)31-24(34)20-5-3-4-6-21(20)25(31)35/h3-14H,2,15H2,1H3,(H,27,33). The second kappa shape index (κ2) is 10.3. The zero-order chi connectivity index (χ0) is 26.8. The highest BCUT2D eigenvalue weighted by Crippen LogP contribution is 2.31. The molecule has 5 rings (SSSR count). The Morgan fingerprint density at radius 2 is 1.58 bits per heavy atom. The summed E-state index contributed by atoms with van der Waals surface area (Å²) in [5.41, 5.74) is 2.36. The van der Waals surface area contributed by atoms with Crippen LogP contribution in [-0.4, -0.2) is 43.2 Å². The Morgan fingerprint density at radius 3 is 2.16 bits per heavy atom. The number of hydrogen-bond donors (Lipinski definition) is 1. The average molecular weight is 529 g/mol. The number of thioether (sulfide) groups is 1. The van der Waals surface area contributed by atoms with Gasteiger partial charge in [-0.25, -0.2) is 4.90 Å². The van der Waals surface area contributed by atoms with Gasteiger partial charge in [-0.15, -0.1) is 10.2 Å². The van der Waals surface area contributed by atoms with E-state index in [0.717, 1.165) is 10.5 Å². The number of carbonyl (C=O) groups is 3. The molecule has 0 unspecified atom stereocenters. The maximum Gasteiger partial charge on any atom is 0.269 e. The van der Waals surface area contributed by atoms with E-state index in [1.807, 2.05) is 11.5 Å². The fraction of sp³-hybridized carbons (Fsp3) is 0.115. The molecule has 1 aliphatic rings. The molecule has 12 heteroatoms. The molecule has 3 aromatic carbocycles. The zero-order valence-electron chi connectivity index (χ0n) is 20.0. The molecule has 0 aliphatic carbocycles. The Kier molecular flexibility index (Phi) is 6.71. The van der Waals surface area contributed by atoms with E-state index in [9.17, 15) is 24.5 Å². The summed E-state index contributed by atoms with van der Waals surface area (Å²) in [5, 5.41) is 22.5. The number of benzene rings is 3. The molecule has 11 nitrogen and oxygen atoms in total. The van der Waals surface area contributed by atoms with E-state index in [2.05, 4.69) is 15.5 Å². The number of aromatic nitrogens is 3. The number of nitrogens with zero attached hydrogens (tertiary/aromatic N) is 5. The molecule has 190 valence electrons. The third-order valence-corrected chi connectivity index (χ3v) is 6.87. The minimum atomic E-state index is -0.505. The number of rotatable bonds is 8. The van der Waals surface area contributed by atoms with Gasteiger partial charge >= 0.3 is 0 Å². The quantitative estimate of drug-likeness (QED) is 0.154. The van der Waals surface area contributed by atoms with E-state index >= 15 is 0 Å². The molecule has 1 aromatic heterocycles. The minimum Gasteiger partial charge on any atom is -0.325 e. The van der Waals surface area contributed by atoms with Gasteiger partial charge < -0.3 is 9.88 Å². The van der Waals surface area contributed by atoms with Gasteiger partial charge in [0, 0.05) is 29.9 Å². The third-order valence-electron chi connectivity index (χ3n) is 5.91. The molecule has 0 saturated heterocycles. The number of non-ortho nitro benzene ring substituents is 1. The van der Waals surface area contributed by atoms with Crippen molar-refractivity contribution in [3.63, 3.8) is 0 Å². The largest absolute Gasteiger partial charge is 0.325 e. The Hall–Kier alpha value is -4.84. The lowest BCUT2D eigenvalue weighted by atomic mass is 10.1. The first-order chi connectivity index (χ1) is 18.4. The van der Waals surface area contributed by atoms with Crippen LogP contribution in [0, 0.1) is 10.1 Å². The van der Waals surface area contributed by atoms with Gasteiger partial charge in [0.25, 0.3) is 17.5 Å². The molecule has 0 bridgehead atoms. The van der Waals surface area contributed by atoms with Gasteiger partial charge in [-0.1, -0.05) is 23.9 Å². The lowest BCUT2D eigenvalue weighted by Crippen LogP contribution is -2.29. The smallest absolute Gasteiger partial charge is 0.269 e. The summed E-state index contributed by atoms with van der Waals surface area (Å²) >= 11 is 1.21. The molecule has 4 aromatic rings. The van der Waals surface area contributed by atoms with E-state index in [0.29, 0.717) is 40.0 Å². The Morgan fingerprint density at radius 1 is 0.947 bits per heavy atom. The number of carbonyl (C=O) groups excluding carboxylic acids is 3. The highest BCUT2D eigenvalue weighted by molar-refractivity contribution is 7.99. The SMILES string of the molecule is CCn1c(SCC(=O)Nc2ccc([N+](=O)[O-])cc2)nnc1-c1ccc(N2C(=O)c3ccccc3C2=O)cc1. The molecule has 0 fully saturated rings. The van der Waals surface area contributed by atoms with Crippen LogP contribution in [0.4, 0.5) is 17.1 Å². The normalized spacial score (nSPS) is 12.5. The van der Waals surface area contributed by atoms with Gasteiger partial charge in [-0.2, -0.15) is 0 Å². The van der Waals surface area contributed by atoms with Crippen LogP contribution in [0.5, 0.6) is 0 Å². The molecule has 1 aliphatic heterocycles. The molecular formula is C26H20N6O5S. The summed E-state index contributed by atoms with van der Waals surface area (Å²) in [5.74, 6) is -0.365. The first-order valence-corrected chi connectivity index (χ1v) is 12.5. The molecule has 0 radical (unpaired) electrons. The van der Waals surface area contributed by atoms with Gasteiger partial charge in [0.1, 0.15) is 0 Å². The van der Waals surface area contributed by atoms with Gasteiger partial charge in [-0.05, 0) is 55.5 Å². The lowest BCUT2D eigenvalue weighted by Gasteiger charge is -2.14. The number of amides is 3. The van der Waals surface area contributed by atoms with E-state index in [1.54, 1.807) is 48.5 Å². The number of imide groups is 1. The van der Waals surface area contributed by atoms with Crippen LogP contribution in [0.25, 0.3) is 11.4 Å². The van der Waals surface area contributed by atoms with Crippen molar-refractivity contribution in [1.29, 1.82) is 0 Å². The van der Waals surface area contributed by atoms with Crippen LogP contribution in [0.3, 0.4) is 0 Å². The van der Waals surface area contributed by atoms with Crippen molar-refractivity contribution in [2.75, 3.05) is 16.0 Å². The van der Waals surface area contributed by atoms with E-state index in [-0.39, 0.29) is 29.2 Å². The average Bonchev–Trinajstić information content (AvgIpc) is 3.46. The number of hydrogen-bond acceptors (Lipinski definition) is 8. The van der Waals surface area contributed by atoms with Gasteiger partial charge in [0.05, 0.1) is 27.5 Å². The summed E-state index contributed by atoms with van der Waals surface area (Å²) in [6.07, 6.45) is 0. The fourth-order valence-corrected chi connectivity index (χ4v) is 4.87. The summed E-state index contributed by atoms with van der Waals surface area (Å²) in [6.45, 7) is 2.48. The monoisotopic (exact) mass is 528 g/mol. The van der Waals surface area contributed by atoms with Crippen LogP contribution < -0.4 is 10.2 Å². The van der Waals surface area contributed by atoms with Crippen molar-refractivity contribution in [2.24, 2.45) is 0 Å². The maximum atomic E-state index is 12.8. The van der Waals surface area contributed by atoms with Crippen LogP contribution in [0.1, 0.15) is 27.6 Å². The van der Waals surface area contributed by atoms with Crippen LogP contribution in [0.2, 0.25) is 0 Å². The molecule has 2 heterocycles. The topological polar surface area (TPSA) is 140 Å². The Labute approximate surface area is 220 Å². The molecule has 1 N–H and O–H groups in total. The Bertz CT molecular complexity index is 1530. The van der Waals surface area contributed by atoms with Crippen LogP contribution in [0.15, 0.2) is 78.0 Å². The van der Waals surface area contributed by atoms with Gasteiger partial charge in [0.15, 0.2) is 11.0 Å². The van der Waals surface area contributed by atoms with Crippen molar-refractivity contribution in [1.82, 2.24) is 14.8 Å². The van der Waals surface area contributed by atoms with Crippen LogP contribution >= 0.6 is 11.8 Å². The molecule has 0 atom stereocenters. The molecule has 0 spiro atoms. The molecule has 0 saturated carbocycles. The van der Waals surface area contributed by atoms with E-state index < -0.39 is 4.92 Å². The summed E-state index contributed by atoms with van der Waals surface area (Å²) in [7, 11) is 0. The fourth-order valence-electron chi connectivity index (χ4n) is 4.07. The molecular weight excluding hydrogens is 508 g/mol. The van der Waals surface area contributed by atoms with Gasteiger partial charge in [0.2, 0.25) is 5.91 Å². The van der Waals surface area contributed by atoms with Crippen molar-refractivity contribution >= 4 is 46.5 Å². The predicted molar refractivity (Wildman–Crippen MR) is 141 cm³/mol. The minimum absolute atomic E-state index is 0.0577. The highest BCUT2D eigenvalue weighted by Gasteiger charge is 2.36. The summed E-state index contributed by atoms with van der Waals surface area (Å²) in [4.78, 5) is 49.4. The molecule has 38 heavy (non-hydrogen) atoms. The Balaban J connectivity index is 1.27. The van der Waals surface area contributed by atoms with Gasteiger partial charge in [-0.3, -0.25) is 24.5 Å². The number of nitro groups is 1. The molecule has 3 amide bonds. The van der Waals surface area contributed by atoms with Crippen LogP contribution in [-0.2, 0) is 11.3 Å². The second-order valence-corrected chi connectivity index (χ2v) is 9.17. The number of fused-ring (bicyclic) bond motifs is 1. The lowest BCUT2D eigenvalue weighted by molar-refractivity contribution is -0.384. The first-order valence-electron chi connectivity index (χ1n) is 11.6. The number of nitrogens with one attached hydrogen (secondary N) is 1. The predicted octanol–water partition coefficient (Wildman–Crippen LogP) is 4.40. The number of anilines is 2. The van der Waals surface area contributed by atoms with E-state index in [4.69, 9.17) is 0 Å². The number of nitro benzene ring substituents is 1. The van der Waals surface area contributed by atoms with Crippen molar-refractivity contribution < 1.29 is 19.3 Å². The summed E-state index contributed by atoms with van der Waals surface area (Å²) < 4.78 is 1.86. The summed E-state index contributed by atoms with van der Waals surface area (Å²) in [6, 6.07) is 19.2. The zero-order valence-corrected chi connectivity index (χ0v) is 20.8. The van der Waals surface area contributed by atoms with E-state index in [1.165, 1.54) is 36.0 Å². The van der Waals surface area contributed by atoms with Crippen molar-refractivity contribution in [3.05, 3.63) is 94.0 Å². The third kappa shape index (κ3) is 4.64. The van der Waals surface area contributed by atoms with Crippen molar-refractivity contribution in [3.8, 4) is 11.4 Å². The maximum absolute atomic E-state index is 12.8. The first kappa shape index (κ1) is 24.8. The van der Waals surface area contributed by atoms with Crippen molar-refractivity contribution in [2.45, 2.75) is 18.6 Å². The highest BCUT2D eigenvalue weighted by atomic mass is 32.2.